The molecule has 0 atom stereocenters. The molecule has 0 unspecified atom stereocenters. The summed E-state index contributed by atoms with van der Waals surface area (Å²) in [6, 6.07) is 5.19. The molecule has 0 saturated carbocycles. The molecule has 1 N–H and O–H groups in total. The van der Waals surface area contributed by atoms with E-state index in [1.54, 1.807) is 12.3 Å². The molecule has 0 spiro atoms. The van der Waals surface area contributed by atoms with Crippen molar-refractivity contribution in [1.82, 2.24) is 0 Å². The number of amides is 1. The molecular formula is C11H9F3N2OS. The number of anilines is 1. The van der Waals surface area contributed by atoms with Gasteiger partial charge in [-0.1, -0.05) is 0 Å². The van der Waals surface area contributed by atoms with Crippen molar-refractivity contribution in [2.45, 2.75) is 17.5 Å². The van der Waals surface area contributed by atoms with E-state index in [-0.39, 0.29) is 5.69 Å². The van der Waals surface area contributed by atoms with Gasteiger partial charge in [-0.15, -0.1) is 11.8 Å². The highest BCUT2D eigenvalue weighted by atomic mass is 32.2. The summed E-state index contributed by atoms with van der Waals surface area (Å²) < 4.78 is 38.3. The lowest BCUT2D eigenvalue weighted by molar-refractivity contribution is -0.137. The molecule has 1 amide bonds. The Morgan fingerprint density at radius 2 is 2.17 bits per heavy atom. The first-order valence-electron chi connectivity index (χ1n) is 4.80. The van der Waals surface area contributed by atoms with Crippen LogP contribution < -0.4 is 5.32 Å². The fourth-order valence-corrected chi connectivity index (χ4v) is 1.70. The zero-order chi connectivity index (χ0) is 13.8. The first-order chi connectivity index (χ1) is 8.38. The summed E-state index contributed by atoms with van der Waals surface area (Å²) in [4.78, 5) is 11.6. The molecule has 0 aromatic heterocycles. The lowest BCUT2D eigenvalue weighted by Gasteiger charge is -2.14. The van der Waals surface area contributed by atoms with Gasteiger partial charge < -0.3 is 5.32 Å². The SMILES string of the molecule is CSc1ccc(NC(=O)CC#N)c(C(F)(F)F)c1. The molecule has 0 heterocycles. The molecule has 7 heteroatoms. The third-order valence-corrected chi connectivity index (χ3v) is 2.77. The van der Waals surface area contributed by atoms with Gasteiger partial charge in [-0.2, -0.15) is 18.4 Å². The van der Waals surface area contributed by atoms with Crippen LogP contribution in [0.2, 0.25) is 0 Å². The van der Waals surface area contributed by atoms with Crippen LogP contribution in [0.4, 0.5) is 18.9 Å². The van der Waals surface area contributed by atoms with Crippen molar-refractivity contribution in [2.24, 2.45) is 0 Å². The third-order valence-electron chi connectivity index (χ3n) is 2.05. The molecule has 3 nitrogen and oxygen atoms in total. The number of nitrogens with zero attached hydrogens (tertiary/aromatic N) is 1. The topological polar surface area (TPSA) is 52.9 Å². The standard InChI is InChI=1S/C11H9F3N2OS/c1-18-7-2-3-9(16-10(17)4-5-15)8(6-7)11(12,13)14/h2-3,6H,4H2,1H3,(H,16,17). The Morgan fingerprint density at radius 3 is 2.67 bits per heavy atom. The molecule has 0 bridgehead atoms. The van der Waals surface area contributed by atoms with Crippen LogP contribution in [-0.2, 0) is 11.0 Å². The van der Waals surface area contributed by atoms with Gasteiger partial charge in [0.1, 0.15) is 6.42 Å². The fraction of sp³-hybridized carbons (Fsp3) is 0.273. The van der Waals surface area contributed by atoms with Crippen molar-refractivity contribution in [2.75, 3.05) is 11.6 Å². The van der Waals surface area contributed by atoms with Crippen LogP contribution in [0.25, 0.3) is 0 Å². The lowest BCUT2D eigenvalue weighted by atomic mass is 10.1. The molecule has 1 aromatic rings. The minimum atomic E-state index is -4.55. The van der Waals surface area contributed by atoms with E-state index in [1.165, 1.54) is 23.9 Å². The third kappa shape index (κ3) is 3.67. The van der Waals surface area contributed by atoms with Crippen molar-refractivity contribution in [3.63, 3.8) is 0 Å². The number of hydrogen-bond acceptors (Lipinski definition) is 3. The zero-order valence-electron chi connectivity index (χ0n) is 9.34. The molecule has 0 aliphatic carbocycles. The van der Waals surface area contributed by atoms with Gasteiger partial charge in [-0.3, -0.25) is 4.79 Å². The van der Waals surface area contributed by atoms with E-state index in [9.17, 15) is 18.0 Å². The summed E-state index contributed by atoms with van der Waals surface area (Å²) in [7, 11) is 0. The predicted molar refractivity (Wildman–Crippen MR) is 62.1 cm³/mol. The molecule has 1 rings (SSSR count). The summed E-state index contributed by atoms with van der Waals surface area (Å²) in [6.07, 6.45) is -3.38. The number of nitrogens with one attached hydrogen (secondary N) is 1. The Bertz CT molecular complexity index is 494. The molecule has 18 heavy (non-hydrogen) atoms. The summed E-state index contributed by atoms with van der Waals surface area (Å²) in [5.74, 6) is -0.764. The van der Waals surface area contributed by atoms with Crippen molar-refractivity contribution < 1.29 is 18.0 Å². The van der Waals surface area contributed by atoms with Gasteiger partial charge in [0.2, 0.25) is 5.91 Å². The van der Waals surface area contributed by atoms with Gasteiger partial charge in [-0.25, -0.2) is 0 Å². The van der Waals surface area contributed by atoms with Crippen LogP contribution in [0.5, 0.6) is 0 Å². The molecular weight excluding hydrogens is 265 g/mol. The molecule has 0 fully saturated rings. The number of carbonyl (C=O) groups is 1. The van der Waals surface area contributed by atoms with Gasteiger partial charge in [0.25, 0.3) is 0 Å². The highest BCUT2D eigenvalue weighted by Crippen LogP contribution is 2.37. The highest BCUT2D eigenvalue weighted by Gasteiger charge is 2.34. The monoisotopic (exact) mass is 274 g/mol. The number of halogens is 3. The average molecular weight is 274 g/mol. The Balaban J connectivity index is 3.11. The van der Waals surface area contributed by atoms with Gasteiger partial charge in [0.05, 0.1) is 17.3 Å². The number of thioether (sulfide) groups is 1. The Morgan fingerprint density at radius 1 is 1.50 bits per heavy atom. The lowest BCUT2D eigenvalue weighted by Crippen LogP contribution is -2.15. The van der Waals surface area contributed by atoms with E-state index in [1.807, 2.05) is 0 Å². The highest BCUT2D eigenvalue weighted by molar-refractivity contribution is 7.98. The van der Waals surface area contributed by atoms with Crippen LogP contribution in [0.15, 0.2) is 23.1 Å². The number of alkyl halides is 3. The summed E-state index contributed by atoms with van der Waals surface area (Å²) in [6.45, 7) is 0. The normalized spacial score (nSPS) is 10.8. The second-order valence-electron chi connectivity index (χ2n) is 3.29. The summed E-state index contributed by atoms with van der Waals surface area (Å²) in [5.41, 5.74) is -1.25. The predicted octanol–water partition coefficient (Wildman–Crippen LogP) is 3.28. The van der Waals surface area contributed by atoms with Gasteiger partial charge in [-0.05, 0) is 24.5 Å². The van der Waals surface area contributed by atoms with Crippen LogP contribution in [0.1, 0.15) is 12.0 Å². The van der Waals surface area contributed by atoms with E-state index in [0.29, 0.717) is 4.90 Å². The second-order valence-corrected chi connectivity index (χ2v) is 4.17. The number of hydrogen-bond donors (Lipinski definition) is 1. The molecule has 0 radical (unpaired) electrons. The fourth-order valence-electron chi connectivity index (χ4n) is 1.26. The number of nitriles is 1. The first kappa shape index (κ1) is 14.4. The second kappa shape index (κ2) is 5.78. The molecule has 0 aliphatic rings. The van der Waals surface area contributed by atoms with Gasteiger partial charge in [0, 0.05) is 4.90 Å². The Labute approximate surface area is 106 Å². The van der Waals surface area contributed by atoms with Crippen LogP contribution in [-0.4, -0.2) is 12.2 Å². The number of benzene rings is 1. The minimum absolute atomic E-state index is 0.333. The minimum Gasteiger partial charge on any atom is -0.325 e. The Kier molecular flexibility index (Phi) is 4.62. The zero-order valence-corrected chi connectivity index (χ0v) is 10.2. The molecule has 96 valence electrons. The van der Waals surface area contributed by atoms with E-state index >= 15 is 0 Å². The van der Waals surface area contributed by atoms with E-state index in [0.717, 1.165) is 6.07 Å². The van der Waals surface area contributed by atoms with Gasteiger partial charge >= 0.3 is 6.18 Å². The van der Waals surface area contributed by atoms with Crippen molar-refractivity contribution in [1.29, 1.82) is 5.26 Å². The smallest absolute Gasteiger partial charge is 0.325 e. The average Bonchev–Trinajstić information content (AvgIpc) is 2.28. The van der Waals surface area contributed by atoms with Crippen LogP contribution in [0, 0.1) is 11.3 Å². The van der Waals surface area contributed by atoms with Crippen molar-refractivity contribution in [3.05, 3.63) is 23.8 Å². The quantitative estimate of drug-likeness (QED) is 0.860. The molecule has 1 aromatic carbocycles. The van der Waals surface area contributed by atoms with E-state index in [2.05, 4.69) is 5.32 Å². The van der Waals surface area contributed by atoms with E-state index < -0.39 is 24.1 Å². The first-order valence-corrected chi connectivity index (χ1v) is 6.03. The van der Waals surface area contributed by atoms with Crippen LogP contribution >= 0.6 is 11.8 Å². The summed E-state index contributed by atoms with van der Waals surface area (Å²) in [5, 5.41) is 10.4. The summed E-state index contributed by atoms with van der Waals surface area (Å²) >= 11 is 1.17. The molecule has 0 aliphatic heterocycles. The maximum Gasteiger partial charge on any atom is 0.418 e. The maximum absolute atomic E-state index is 12.8. The van der Waals surface area contributed by atoms with E-state index in [4.69, 9.17) is 5.26 Å². The number of rotatable bonds is 3. The number of carbonyl (C=O) groups excluding carboxylic acids is 1. The van der Waals surface area contributed by atoms with Crippen molar-refractivity contribution in [3.8, 4) is 6.07 Å². The Hall–Kier alpha value is -1.68. The largest absolute Gasteiger partial charge is 0.418 e. The van der Waals surface area contributed by atoms with Crippen molar-refractivity contribution >= 4 is 23.4 Å². The maximum atomic E-state index is 12.8. The van der Waals surface area contributed by atoms with Gasteiger partial charge in [0.15, 0.2) is 0 Å². The van der Waals surface area contributed by atoms with Crippen LogP contribution in [0.3, 0.4) is 0 Å². The molecule has 0 saturated heterocycles.